The summed E-state index contributed by atoms with van der Waals surface area (Å²) in [7, 11) is 0. The highest BCUT2D eigenvalue weighted by Crippen LogP contribution is 2.22. The Morgan fingerprint density at radius 1 is 1.05 bits per heavy atom. The molecule has 0 aliphatic heterocycles. The van der Waals surface area contributed by atoms with Gasteiger partial charge in [0.1, 0.15) is 6.04 Å². The number of ketones is 1. The summed E-state index contributed by atoms with van der Waals surface area (Å²) in [6.45, 7) is 0. The van der Waals surface area contributed by atoms with Gasteiger partial charge in [0.25, 0.3) is 0 Å². The maximum atomic E-state index is 12.2. The summed E-state index contributed by atoms with van der Waals surface area (Å²) in [5.74, 6) is -4.46. The number of carboxylic acid groups (broad SMARTS) is 2. The normalized spacial score (nSPS) is 15.1. The molecule has 7 nitrogen and oxygen atoms in total. The fourth-order valence-electron chi connectivity index (χ4n) is 1.87. The summed E-state index contributed by atoms with van der Waals surface area (Å²) in [5, 5.41) is 17.6. The van der Waals surface area contributed by atoms with Crippen molar-refractivity contribution >= 4 is 17.7 Å². The smallest absolute Gasteiger partial charge is 0.321 e. The number of Topliss-reactive ketones (excluding diaryl/α,β-unsaturated/α-hetero) is 1. The highest BCUT2D eigenvalue weighted by Gasteiger charge is 2.35. The minimum absolute atomic E-state index is 0.397. The van der Waals surface area contributed by atoms with E-state index in [0.717, 1.165) is 0 Å². The van der Waals surface area contributed by atoms with Crippen molar-refractivity contribution in [2.75, 3.05) is 0 Å². The van der Waals surface area contributed by atoms with Crippen LogP contribution in [0.3, 0.4) is 0 Å². The van der Waals surface area contributed by atoms with Crippen molar-refractivity contribution < 1.29 is 24.6 Å². The second kappa shape index (κ2) is 6.78. The Hall–Kier alpha value is -2.25. The standard InChI is InChI=1S/C13H16N2O5/c14-8(6-9(16)17)12(18)10(11(15)13(19)20)7-4-2-1-3-5-7/h1-5,8,10-11H,6,14-15H2,(H,16,17)(H,19,20). The van der Waals surface area contributed by atoms with Crippen LogP contribution in [0.1, 0.15) is 17.9 Å². The molecule has 3 unspecified atom stereocenters. The molecule has 1 rings (SSSR count). The highest BCUT2D eigenvalue weighted by atomic mass is 16.4. The van der Waals surface area contributed by atoms with Gasteiger partial charge in [0.05, 0.1) is 18.4 Å². The lowest BCUT2D eigenvalue weighted by atomic mass is 9.84. The molecule has 0 fully saturated rings. The topological polar surface area (TPSA) is 144 Å². The van der Waals surface area contributed by atoms with Crippen molar-refractivity contribution in [3.63, 3.8) is 0 Å². The van der Waals surface area contributed by atoms with Gasteiger partial charge in [-0.05, 0) is 5.56 Å². The van der Waals surface area contributed by atoms with Gasteiger partial charge in [0.2, 0.25) is 0 Å². The minimum Gasteiger partial charge on any atom is -0.481 e. The minimum atomic E-state index is -1.48. The lowest BCUT2D eigenvalue weighted by Gasteiger charge is -2.22. The van der Waals surface area contributed by atoms with E-state index in [9.17, 15) is 14.4 Å². The molecule has 0 spiro atoms. The summed E-state index contributed by atoms with van der Waals surface area (Å²) in [6.07, 6.45) is -0.575. The van der Waals surface area contributed by atoms with E-state index in [-0.39, 0.29) is 0 Å². The van der Waals surface area contributed by atoms with Crippen LogP contribution in [0, 0.1) is 0 Å². The molecule has 20 heavy (non-hydrogen) atoms. The zero-order valence-electron chi connectivity index (χ0n) is 10.6. The number of rotatable bonds is 7. The van der Waals surface area contributed by atoms with Gasteiger partial charge in [-0.2, -0.15) is 0 Å². The molecular formula is C13H16N2O5. The largest absolute Gasteiger partial charge is 0.481 e. The molecular weight excluding hydrogens is 264 g/mol. The zero-order chi connectivity index (χ0) is 15.3. The quantitative estimate of drug-likeness (QED) is 0.529. The van der Waals surface area contributed by atoms with Gasteiger partial charge in [0, 0.05) is 0 Å². The van der Waals surface area contributed by atoms with Gasteiger partial charge in [-0.25, -0.2) is 0 Å². The fourth-order valence-corrected chi connectivity index (χ4v) is 1.87. The summed E-state index contributed by atoms with van der Waals surface area (Å²) >= 11 is 0. The van der Waals surface area contributed by atoms with Crippen LogP contribution in [0.2, 0.25) is 0 Å². The third-order valence-electron chi connectivity index (χ3n) is 2.87. The Balaban J connectivity index is 3.08. The fraction of sp³-hybridized carbons (Fsp3) is 0.308. The van der Waals surface area contributed by atoms with Gasteiger partial charge in [-0.15, -0.1) is 0 Å². The van der Waals surface area contributed by atoms with Crippen LogP contribution in [-0.4, -0.2) is 40.0 Å². The monoisotopic (exact) mass is 280 g/mol. The molecule has 108 valence electrons. The average Bonchev–Trinajstić information content (AvgIpc) is 2.39. The average molecular weight is 280 g/mol. The van der Waals surface area contributed by atoms with E-state index >= 15 is 0 Å². The van der Waals surface area contributed by atoms with Crippen LogP contribution < -0.4 is 11.5 Å². The Kier molecular flexibility index (Phi) is 5.36. The van der Waals surface area contributed by atoms with Crippen LogP contribution >= 0.6 is 0 Å². The van der Waals surface area contributed by atoms with Crippen molar-refractivity contribution in [1.82, 2.24) is 0 Å². The number of carbonyl (C=O) groups is 3. The third kappa shape index (κ3) is 3.87. The molecule has 0 aromatic heterocycles. The Bertz CT molecular complexity index is 503. The molecule has 0 bridgehead atoms. The van der Waals surface area contributed by atoms with E-state index in [1.807, 2.05) is 0 Å². The molecule has 0 aliphatic carbocycles. The second-order valence-corrected chi connectivity index (χ2v) is 4.36. The number of hydrogen-bond donors (Lipinski definition) is 4. The van der Waals surface area contributed by atoms with Crippen LogP contribution in [0.5, 0.6) is 0 Å². The van der Waals surface area contributed by atoms with Crippen LogP contribution in [0.4, 0.5) is 0 Å². The van der Waals surface area contributed by atoms with Crippen molar-refractivity contribution in [3.05, 3.63) is 35.9 Å². The van der Waals surface area contributed by atoms with Gasteiger partial charge in [-0.1, -0.05) is 30.3 Å². The van der Waals surface area contributed by atoms with Crippen molar-refractivity contribution in [2.45, 2.75) is 24.4 Å². The molecule has 0 saturated carbocycles. The molecule has 6 N–H and O–H groups in total. The molecule has 0 amide bonds. The van der Waals surface area contributed by atoms with E-state index in [1.54, 1.807) is 30.3 Å². The first-order valence-electron chi connectivity index (χ1n) is 5.89. The first-order chi connectivity index (χ1) is 9.34. The number of benzene rings is 1. The van der Waals surface area contributed by atoms with Gasteiger partial charge < -0.3 is 21.7 Å². The maximum Gasteiger partial charge on any atom is 0.321 e. The molecule has 1 aromatic rings. The Labute approximate surface area is 115 Å². The number of carboxylic acids is 2. The predicted molar refractivity (Wildman–Crippen MR) is 70.0 cm³/mol. The first-order valence-corrected chi connectivity index (χ1v) is 5.89. The van der Waals surface area contributed by atoms with Crippen molar-refractivity contribution in [3.8, 4) is 0 Å². The molecule has 7 heteroatoms. The summed E-state index contributed by atoms with van der Waals surface area (Å²) in [4.78, 5) is 33.8. The van der Waals surface area contributed by atoms with E-state index in [4.69, 9.17) is 21.7 Å². The number of aliphatic carboxylic acids is 2. The predicted octanol–water partition coefficient (Wildman–Crippen LogP) is -0.447. The van der Waals surface area contributed by atoms with Crippen molar-refractivity contribution in [2.24, 2.45) is 11.5 Å². The SMILES string of the molecule is NC(CC(=O)O)C(=O)C(c1ccccc1)C(N)C(=O)O. The Morgan fingerprint density at radius 3 is 2.05 bits per heavy atom. The van der Waals surface area contributed by atoms with E-state index < -0.39 is 42.1 Å². The maximum absolute atomic E-state index is 12.2. The lowest BCUT2D eigenvalue weighted by Crippen LogP contribution is -2.46. The van der Waals surface area contributed by atoms with Crippen LogP contribution in [0.15, 0.2) is 30.3 Å². The van der Waals surface area contributed by atoms with Crippen LogP contribution in [0.25, 0.3) is 0 Å². The molecule has 0 saturated heterocycles. The number of nitrogens with two attached hydrogens (primary N) is 2. The van der Waals surface area contributed by atoms with Gasteiger partial charge >= 0.3 is 11.9 Å². The molecule has 0 aliphatic rings. The van der Waals surface area contributed by atoms with E-state index in [1.165, 1.54) is 0 Å². The number of carbonyl (C=O) groups excluding carboxylic acids is 1. The summed E-state index contributed by atoms with van der Waals surface area (Å²) < 4.78 is 0. The first kappa shape index (κ1) is 15.8. The summed E-state index contributed by atoms with van der Waals surface area (Å²) in [6, 6.07) is 5.29. The van der Waals surface area contributed by atoms with Gasteiger partial charge in [0.15, 0.2) is 5.78 Å². The molecule has 3 atom stereocenters. The number of hydrogen-bond acceptors (Lipinski definition) is 5. The van der Waals surface area contributed by atoms with E-state index in [0.29, 0.717) is 5.56 Å². The Morgan fingerprint density at radius 2 is 1.60 bits per heavy atom. The zero-order valence-corrected chi connectivity index (χ0v) is 10.6. The van der Waals surface area contributed by atoms with Crippen molar-refractivity contribution in [1.29, 1.82) is 0 Å². The van der Waals surface area contributed by atoms with Gasteiger partial charge in [-0.3, -0.25) is 14.4 Å². The van der Waals surface area contributed by atoms with Crippen LogP contribution in [-0.2, 0) is 14.4 Å². The molecule has 0 radical (unpaired) electrons. The van der Waals surface area contributed by atoms with E-state index in [2.05, 4.69) is 0 Å². The summed E-state index contributed by atoms with van der Waals surface area (Å²) in [5.41, 5.74) is 11.5. The molecule has 1 aromatic carbocycles. The highest BCUT2D eigenvalue weighted by molar-refractivity contribution is 5.97. The lowest BCUT2D eigenvalue weighted by molar-refractivity contribution is -0.142. The third-order valence-corrected chi connectivity index (χ3v) is 2.87. The molecule has 0 heterocycles. The second-order valence-electron chi connectivity index (χ2n) is 4.36.